The minimum atomic E-state index is 0.390. The molecule has 3 rings (SSSR count). The van der Waals surface area contributed by atoms with Crippen molar-refractivity contribution in [3.63, 3.8) is 0 Å². The zero-order valence-electron chi connectivity index (χ0n) is 8.79. The molecule has 0 aromatic carbocycles. The summed E-state index contributed by atoms with van der Waals surface area (Å²) >= 11 is 1.66. The van der Waals surface area contributed by atoms with Crippen molar-refractivity contribution in [1.29, 1.82) is 0 Å². The third-order valence-corrected chi connectivity index (χ3v) is 3.01. The Morgan fingerprint density at radius 2 is 2.24 bits per heavy atom. The Morgan fingerprint density at radius 1 is 1.29 bits per heavy atom. The molecule has 6 heteroatoms. The van der Waals surface area contributed by atoms with Gasteiger partial charge in [0.1, 0.15) is 12.2 Å². The lowest BCUT2D eigenvalue weighted by molar-refractivity contribution is 1.20. The van der Waals surface area contributed by atoms with Gasteiger partial charge in [-0.3, -0.25) is 0 Å². The molecule has 17 heavy (non-hydrogen) atoms. The number of imidazole rings is 1. The van der Waals surface area contributed by atoms with Gasteiger partial charge in [-0.2, -0.15) is 11.3 Å². The molecule has 0 amide bonds. The normalized spacial score (nSPS) is 11.5. The quantitative estimate of drug-likeness (QED) is 0.722. The Hall–Kier alpha value is -2.21. The molecule has 0 saturated heterocycles. The van der Waals surface area contributed by atoms with Crippen molar-refractivity contribution in [3.05, 3.63) is 34.5 Å². The lowest BCUT2D eigenvalue weighted by Crippen LogP contribution is -1.91. The van der Waals surface area contributed by atoms with Gasteiger partial charge in [0.2, 0.25) is 0 Å². The van der Waals surface area contributed by atoms with E-state index in [2.05, 4.69) is 25.3 Å². The van der Waals surface area contributed by atoms with Crippen molar-refractivity contribution >= 4 is 40.5 Å². The lowest BCUT2D eigenvalue weighted by atomic mass is 10.3. The third-order valence-electron chi connectivity index (χ3n) is 2.31. The molecule has 0 bridgehead atoms. The molecule has 0 atom stereocenters. The van der Waals surface area contributed by atoms with Gasteiger partial charge in [-0.15, -0.1) is 0 Å². The number of aromatic nitrogens is 4. The molecule has 3 N–H and O–H groups in total. The Balaban J connectivity index is 1.99. The Morgan fingerprint density at radius 3 is 3.00 bits per heavy atom. The standard InChI is InChI=1S/C11H9N5S/c12-10-9-11(14-6-13-10)16-8(15-9)2-1-7-3-4-17-5-7/h1-6H,(H3,12,13,14,15,16). The van der Waals surface area contributed by atoms with Crippen LogP contribution in [-0.4, -0.2) is 19.9 Å². The van der Waals surface area contributed by atoms with Crippen LogP contribution < -0.4 is 5.73 Å². The predicted molar refractivity (Wildman–Crippen MR) is 69.3 cm³/mol. The van der Waals surface area contributed by atoms with Crippen molar-refractivity contribution in [2.24, 2.45) is 0 Å². The second-order valence-corrected chi connectivity index (χ2v) is 4.25. The van der Waals surface area contributed by atoms with E-state index in [-0.39, 0.29) is 0 Å². The van der Waals surface area contributed by atoms with Crippen molar-refractivity contribution in [2.75, 3.05) is 5.73 Å². The summed E-state index contributed by atoms with van der Waals surface area (Å²) in [5.41, 5.74) is 8.12. The number of fused-ring (bicyclic) bond motifs is 1. The van der Waals surface area contributed by atoms with Gasteiger partial charge in [-0.25, -0.2) is 15.0 Å². The van der Waals surface area contributed by atoms with Crippen molar-refractivity contribution in [3.8, 4) is 0 Å². The molecule has 3 aromatic heterocycles. The van der Waals surface area contributed by atoms with Crippen LogP contribution in [-0.2, 0) is 0 Å². The summed E-state index contributed by atoms with van der Waals surface area (Å²) in [6.45, 7) is 0. The van der Waals surface area contributed by atoms with Crippen LogP contribution in [0, 0.1) is 0 Å². The predicted octanol–water partition coefficient (Wildman–Crippen LogP) is 2.17. The minimum absolute atomic E-state index is 0.390. The summed E-state index contributed by atoms with van der Waals surface area (Å²) in [6, 6.07) is 2.04. The summed E-state index contributed by atoms with van der Waals surface area (Å²) in [5.74, 6) is 1.11. The highest BCUT2D eigenvalue weighted by Gasteiger charge is 2.04. The third kappa shape index (κ3) is 1.90. The first-order chi connectivity index (χ1) is 8.33. The van der Waals surface area contributed by atoms with Gasteiger partial charge in [0.15, 0.2) is 17.0 Å². The lowest BCUT2D eigenvalue weighted by Gasteiger charge is -1.88. The number of nitrogens with one attached hydrogen (secondary N) is 1. The van der Waals surface area contributed by atoms with Gasteiger partial charge in [0, 0.05) is 0 Å². The van der Waals surface area contributed by atoms with Crippen LogP contribution in [0.4, 0.5) is 5.82 Å². The van der Waals surface area contributed by atoms with Crippen LogP contribution in [0.25, 0.3) is 23.3 Å². The maximum absolute atomic E-state index is 5.70. The Bertz CT molecular complexity index is 668. The molecular weight excluding hydrogens is 234 g/mol. The molecule has 3 heterocycles. The van der Waals surface area contributed by atoms with E-state index in [0.717, 1.165) is 11.4 Å². The number of nitrogens with zero attached hydrogens (tertiary/aromatic N) is 3. The molecule has 0 aliphatic rings. The van der Waals surface area contributed by atoms with Crippen LogP contribution in [0.2, 0.25) is 0 Å². The van der Waals surface area contributed by atoms with Gasteiger partial charge in [-0.1, -0.05) is 6.08 Å². The first kappa shape index (κ1) is 9.98. The van der Waals surface area contributed by atoms with Crippen LogP contribution in [0.5, 0.6) is 0 Å². The van der Waals surface area contributed by atoms with E-state index >= 15 is 0 Å². The Kier molecular flexibility index (Phi) is 2.34. The number of anilines is 1. The number of hydrogen-bond donors (Lipinski definition) is 2. The van der Waals surface area contributed by atoms with Crippen molar-refractivity contribution in [1.82, 2.24) is 19.9 Å². The molecule has 84 valence electrons. The SMILES string of the molecule is Nc1ncnc2[nH]c(C=Cc3ccsc3)nc12. The van der Waals surface area contributed by atoms with Gasteiger partial charge in [0.25, 0.3) is 0 Å². The second-order valence-electron chi connectivity index (χ2n) is 3.47. The molecular formula is C11H9N5S. The molecule has 0 fully saturated rings. The van der Waals surface area contributed by atoms with E-state index in [4.69, 9.17) is 5.73 Å². The number of rotatable bonds is 2. The van der Waals surface area contributed by atoms with E-state index in [1.807, 2.05) is 23.6 Å². The zero-order valence-corrected chi connectivity index (χ0v) is 9.61. The zero-order chi connectivity index (χ0) is 11.7. The number of nitrogen functional groups attached to an aromatic ring is 1. The van der Waals surface area contributed by atoms with Gasteiger partial charge < -0.3 is 10.7 Å². The minimum Gasteiger partial charge on any atom is -0.382 e. The topological polar surface area (TPSA) is 80.5 Å². The molecule has 0 radical (unpaired) electrons. The molecule has 0 aliphatic heterocycles. The first-order valence-corrected chi connectivity index (χ1v) is 5.94. The highest BCUT2D eigenvalue weighted by Crippen LogP contribution is 2.15. The second kappa shape index (κ2) is 3.99. The van der Waals surface area contributed by atoms with Gasteiger partial charge in [0.05, 0.1) is 0 Å². The number of aromatic amines is 1. The average molecular weight is 243 g/mol. The van der Waals surface area contributed by atoms with E-state index < -0.39 is 0 Å². The summed E-state index contributed by atoms with van der Waals surface area (Å²) < 4.78 is 0. The number of hydrogen-bond acceptors (Lipinski definition) is 5. The first-order valence-electron chi connectivity index (χ1n) is 4.99. The molecule has 5 nitrogen and oxygen atoms in total. The van der Waals surface area contributed by atoms with Crippen molar-refractivity contribution < 1.29 is 0 Å². The van der Waals surface area contributed by atoms with E-state index in [1.54, 1.807) is 11.3 Å². The maximum atomic E-state index is 5.70. The number of nitrogens with two attached hydrogens (primary N) is 1. The van der Waals surface area contributed by atoms with E-state index in [1.165, 1.54) is 6.33 Å². The Labute approximate surface area is 101 Å². The van der Waals surface area contributed by atoms with Crippen LogP contribution in [0.1, 0.15) is 11.4 Å². The summed E-state index contributed by atoms with van der Waals surface area (Å²) in [7, 11) is 0. The highest BCUT2D eigenvalue weighted by molar-refractivity contribution is 7.08. The maximum Gasteiger partial charge on any atom is 0.163 e. The fourth-order valence-electron chi connectivity index (χ4n) is 1.49. The summed E-state index contributed by atoms with van der Waals surface area (Å²) in [4.78, 5) is 15.4. The van der Waals surface area contributed by atoms with E-state index in [0.29, 0.717) is 17.0 Å². The summed E-state index contributed by atoms with van der Waals surface area (Å²) in [5, 5.41) is 4.09. The largest absolute Gasteiger partial charge is 0.382 e. The monoisotopic (exact) mass is 243 g/mol. The number of H-pyrrole nitrogens is 1. The van der Waals surface area contributed by atoms with Crippen LogP contribution in [0.3, 0.4) is 0 Å². The fourth-order valence-corrected chi connectivity index (χ4v) is 2.12. The molecule has 0 saturated carbocycles. The van der Waals surface area contributed by atoms with Crippen LogP contribution >= 0.6 is 11.3 Å². The smallest absolute Gasteiger partial charge is 0.163 e. The average Bonchev–Trinajstić information content (AvgIpc) is 2.95. The molecule has 0 unspecified atom stereocenters. The van der Waals surface area contributed by atoms with Gasteiger partial charge in [-0.05, 0) is 28.5 Å². The van der Waals surface area contributed by atoms with Gasteiger partial charge >= 0.3 is 0 Å². The molecule has 0 spiro atoms. The van der Waals surface area contributed by atoms with Crippen LogP contribution in [0.15, 0.2) is 23.2 Å². The molecule has 0 aliphatic carbocycles. The fraction of sp³-hybridized carbons (Fsp3) is 0. The summed E-state index contributed by atoms with van der Waals surface area (Å²) in [6.07, 6.45) is 5.29. The highest BCUT2D eigenvalue weighted by atomic mass is 32.1. The number of thiophene rings is 1. The van der Waals surface area contributed by atoms with Crippen molar-refractivity contribution in [2.45, 2.75) is 0 Å². The van der Waals surface area contributed by atoms with E-state index in [9.17, 15) is 0 Å². The molecule has 3 aromatic rings.